The summed E-state index contributed by atoms with van der Waals surface area (Å²) in [5.41, 5.74) is 6.91. The lowest BCUT2D eigenvalue weighted by Gasteiger charge is -2.14. The second-order valence-electron chi connectivity index (χ2n) is 4.27. The largest absolute Gasteiger partial charge is 0.493 e. The Morgan fingerprint density at radius 3 is 2.71 bits per heavy atom. The molecule has 0 saturated carbocycles. The fraction of sp³-hybridized carbons (Fsp3) is 0.286. The third-order valence-electron chi connectivity index (χ3n) is 2.88. The zero-order chi connectivity index (χ0) is 15.2. The fourth-order valence-electron chi connectivity index (χ4n) is 1.77. The van der Waals surface area contributed by atoms with Gasteiger partial charge >= 0.3 is 0 Å². The first-order valence-electron chi connectivity index (χ1n) is 6.29. The highest BCUT2D eigenvalue weighted by molar-refractivity contribution is 7.99. The maximum atomic E-state index is 11.2. The summed E-state index contributed by atoms with van der Waals surface area (Å²) in [5.74, 6) is 1.89. The van der Waals surface area contributed by atoms with E-state index in [1.165, 1.54) is 24.0 Å². The molecule has 1 aromatic carbocycles. The minimum absolute atomic E-state index is 0.174. The molecule has 0 spiro atoms. The molecule has 0 bridgehead atoms. The molecule has 1 unspecified atom stereocenters. The molecule has 1 heterocycles. The smallest absolute Gasteiger partial charge is 0.251 e. The standard InChI is InChI=1S/C14H17N3O3S/c1-19-11-4-3-9(7-12(11)20-2)10(15)8-21-14-16-6-5-13(18)17-14/h3-7,10H,8,15H2,1-2H3,(H,16,17,18). The second kappa shape index (κ2) is 7.14. The summed E-state index contributed by atoms with van der Waals surface area (Å²) < 4.78 is 10.5. The number of aromatic nitrogens is 2. The molecular weight excluding hydrogens is 290 g/mol. The van der Waals surface area contributed by atoms with E-state index in [0.717, 1.165) is 5.56 Å². The van der Waals surface area contributed by atoms with Gasteiger partial charge in [0.2, 0.25) is 0 Å². The van der Waals surface area contributed by atoms with Crippen molar-refractivity contribution in [2.24, 2.45) is 5.73 Å². The zero-order valence-corrected chi connectivity index (χ0v) is 12.6. The molecule has 1 atom stereocenters. The summed E-state index contributed by atoms with van der Waals surface area (Å²) in [6.07, 6.45) is 1.48. The van der Waals surface area contributed by atoms with E-state index in [-0.39, 0.29) is 11.6 Å². The number of nitrogens with one attached hydrogen (secondary N) is 1. The molecule has 7 heteroatoms. The van der Waals surface area contributed by atoms with Gasteiger partial charge in [-0.05, 0) is 17.7 Å². The zero-order valence-electron chi connectivity index (χ0n) is 11.8. The number of benzene rings is 1. The lowest BCUT2D eigenvalue weighted by molar-refractivity contribution is 0.354. The van der Waals surface area contributed by atoms with Crippen LogP contribution in [0.4, 0.5) is 0 Å². The van der Waals surface area contributed by atoms with Gasteiger partial charge in [0.25, 0.3) is 5.56 Å². The normalized spacial score (nSPS) is 12.0. The molecule has 0 aliphatic rings. The Bertz CT molecular complexity index is 660. The van der Waals surface area contributed by atoms with Gasteiger partial charge in [-0.3, -0.25) is 4.79 Å². The van der Waals surface area contributed by atoms with Gasteiger partial charge in [0.15, 0.2) is 16.7 Å². The SMILES string of the molecule is COc1ccc(C(N)CSc2nccc(=O)[nH]2)cc1OC. The summed E-state index contributed by atoms with van der Waals surface area (Å²) >= 11 is 1.40. The third-order valence-corrected chi connectivity index (χ3v) is 3.89. The van der Waals surface area contributed by atoms with Gasteiger partial charge in [0, 0.05) is 24.1 Å². The summed E-state index contributed by atoms with van der Waals surface area (Å²) in [7, 11) is 3.17. The number of nitrogens with zero attached hydrogens (tertiary/aromatic N) is 1. The minimum atomic E-state index is -0.208. The van der Waals surface area contributed by atoms with Crippen molar-refractivity contribution in [2.45, 2.75) is 11.2 Å². The number of hydrogen-bond donors (Lipinski definition) is 2. The highest BCUT2D eigenvalue weighted by atomic mass is 32.2. The van der Waals surface area contributed by atoms with Gasteiger partial charge in [-0.25, -0.2) is 4.98 Å². The average Bonchev–Trinajstić information content (AvgIpc) is 2.52. The average molecular weight is 307 g/mol. The van der Waals surface area contributed by atoms with Crippen LogP contribution in [0.3, 0.4) is 0 Å². The minimum Gasteiger partial charge on any atom is -0.493 e. The Balaban J connectivity index is 2.06. The van der Waals surface area contributed by atoms with Crippen LogP contribution in [0.5, 0.6) is 11.5 Å². The van der Waals surface area contributed by atoms with E-state index in [2.05, 4.69) is 9.97 Å². The second-order valence-corrected chi connectivity index (χ2v) is 5.28. The predicted octanol–water partition coefficient (Wildman–Crippen LogP) is 1.58. The van der Waals surface area contributed by atoms with Crippen molar-refractivity contribution in [3.05, 3.63) is 46.4 Å². The summed E-state index contributed by atoms with van der Waals surface area (Å²) in [6.45, 7) is 0. The maximum Gasteiger partial charge on any atom is 0.251 e. The van der Waals surface area contributed by atoms with Crippen LogP contribution in [-0.4, -0.2) is 29.9 Å². The van der Waals surface area contributed by atoms with Crippen molar-refractivity contribution in [2.75, 3.05) is 20.0 Å². The summed E-state index contributed by atoms with van der Waals surface area (Å²) in [6, 6.07) is 6.74. The van der Waals surface area contributed by atoms with Crippen molar-refractivity contribution in [1.82, 2.24) is 9.97 Å². The summed E-state index contributed by atoms with van der Waals surface area (Å²) in [5, 5.41) is 0.554. The van der Waals surface area contributed by atoms with Crippen LogP contribution in [0.2, 0.25) is 0 Å². The molecule has 3 N–H and O–H groups in total. The van der Waals surface area contributed by atoms with Gasteiger partial charge in [-0.15, -0.1) is 0 Å². The van der Waals surface area contributed by atoms with Crippen molar-refractivity contribution in [3.8, 4) is 11.5 Å². The molecule has 6 nitrogen and oxygen atoms in total. The van der Waals surface area contributed by atoms with Crippen LogP contribution >= 0.6 is 11.8 Å². The van der Waals surface area contributed by atoms with E-state index in [0.29, 0.717) is 22.4 Å². The number of thioether (sulfide) groups is 1. The molecule has 0 aliphatic heterocycles. The lowest BCUT2D eigenvalue weighted by atomic mass is 10.1. The highest BCUT2D eigenvalue weighted by Crippen LogP contribution is 2.30. The van der Waals surface area contributed by atoms with Gasteiger partial charge in [0.05, 0.1) is 14.2 Å². The Morgan fingerprint density at radius 1 is 1.29 bits per heavy atom. The van der Waals surface area contributed by atoms with Gasteiger partial charge in [0.1, 0.15) is 0 Å². The number of aromatic amines is 1. The number of methoxy groups -OCH3 is 2. The van der Waals surface area contributed by atoms with Gasteiger partial charge in [-0.2, -0.15) is 0 Å². The highest BCUT2D eigenvalue weighted by Gasteiger charge is 2.11. The third kappa shape index (κ3) is 3.99. The molecule has 0 radical (unpaired) electrons. The van der Waals surface area contributed by atoms with E-state index in [4.69, 9.17) is 15.2 Å². The van der Waals surface area contributed by atoms with Crippen molar-refractivity contribution in [1.29, 1.82) is 0 Å². The quantitative estimate of drug-likeness (QED) is 0.622. The Hall–Kier alpha value is -1.99. The number of nitrogens with two attached hydrogens (primary N) is 1. The van der Waals surface area contributed by atoms with Crippen molar-refractivity contribution in [3.63, 3.8) is 0 Å². The molecule has 21 heavy (non-hydrogen) atoms. The maximum absolute atomic E-state index is 11.2. The monoisotopic (exact) mass is 307 g/mol. The van der Waals surface area contributed by atoms with Crippen LogP contribution < -0.4 is 20.8 Å². The molecule has 0 saturated heterocycles. The van der Waals surface area contributed by atoms with Crippen molar-refractivity contribution >= 4 is 11.8 Å². The van der Waals surface area contributed by atoms with Gasteiger partial charge < -0.3 is 20.2 Å². The first-order chi connectivity index (χ1) is 10.1. The first-order valence-corrected chi connectivity index (χ1v) is 7.28. The van der Waals surface area contributed by atoms with Crippen molar-refractivity contribution < 1.29 is 9.47 Å². The number of rotatable bonds is 6. The van der Waals surface area contributed by atoms with Gasteiger partial charge in [-0.1, -0.05) is 17.8 Å². The molecule has 112 valence electrons. The first kappa shape index (κ1) is 15.4. The molecule has 2 rings (SSSR count). The fourth-order valence-corrected chi connectivity index (χ4v) is 2.61. The summed E-state index contributed by atoms with van der Waals surface area (Å²) in [4.78, 5) is 17.9. The molecule has 2 aromatic rings. The van der Waals surface area contributed by atoms with E-state index >= 15 is 0 Å². The molecule has 1 aromatic heterocycles. The number of H-pyrrole nitrogens is 1. The Kier molecular flexibility index (Phi) is 5.24. The van der Waals surface area contributed by atoms with Crippen LogP contribution in [0, 0.1) is 0 Å². The van der Waals surface area contributed by atoms with E-state index in [9.17, 15) is 4.79 Å². The molecule has 0 fully saturated rings. The Labute approximate surface area is 126 Å². The topological polar surface area (TPSA) is 90.2 Å². The molecule has 0 amide bonds. The van der Waals surface area contributed by atoms with Crippen LogP contribution in [0.25, 0.3) is 0 Å². The number of hydrogen-bond acceptors (Lipinski definition) is 6. The van der Waals surface area contributed by atoms with Crippen LogP contribution in [0.15, 0.2) is 40.4 Å². The van der Waals surface area contributed by atoms with E-state index < -0.39 is 0 Å². The van der Waals surface area contributed by atoms with E-state index in [1.54, 1.807) is 14.2 Å². The molecular formula is C14H17N3O3S. The Morgan fingerprint density at radius 2 is 2.05 bits per heavy atom. The van der Waals surface area contributed by atoms with E-state index in [1.807, 2.05) is 18.2 Å². The number of ether oxygens (including phenoxy) is 2. The lowest BCUT2D eigenvalue weighted by Crippen LogP contribution is -2.14. The molecule has 0 aliphatic carbocycles. The van der Waals surface area contributed by atoms with Crippen LogP contribution in [0.1, 0.15) is 11.6 Å². The van der Waals surface area contributed by atoms with Crippen LogP contribution in [-0.2, 0) is 0 Å². The predicted molar refractivity (Wildman–Crippen MR) is 82.1 cm³/mol.